The number of carboxylic acids is 1. The molecule has 5 heterocycles. The Bertz CT molecular complexity index is 1300. The molecule has 0 bridgehead atoms. The number of aliphatic carboxylic acids is 1. The number of nitrogens with one attached hydrogen (secondary N) is 1. The first-order chi connectivity index (χ1) is 18.2. The minimum atomic E-state index is -0.752. The molecule has 2 aliphatic heterocycles. The number of carboxylic acid groups (broad SMARTS) is 1. The summed E-state index contributed by atoms with van der Waals surface area (Å²) in [4.78, 5) is 44.3. The number of carbonyl (C=O) groups excluding carboxylic acids is 1. The van der Waals surface area contributed by atoms with Crippen LogP contribution in [0.2, 0.25) is 5.02 Å². The van der Waals surface area contributed by atoms with Crippen LogP contribution in [0.15, 0.2) is 23.8 Å². The third-order valence-corrected chi connectivity index (χ3v) is 9.34. The van der Waals surface area contributed by atoms with Crippen molar-refractivity contribution >= 4 is 57.1 Å². The Labute approximate surface area is 234 Å². The van der Waals surface area contributed by atoms with Gasteiger partial charge in [0.25, 0.3) is 5.91 Å². The van der Waals surface area contributed by atoms with E-state index in [1.807, 2.05) is 16.3 Å². The van der Waals surface area contributed by atoms with E-state index in [1.165, 1.54) is 30.4 Å². The van der Waals surface area contributed by atoms with Crippen molar-refractivity contribution < 1.29 is 14.7 Å². The third kappa shape index (κ3) is 6.33. The topological polar surface area (TPSA) is 112 Å². The van der Waals surface area contributed by atoms with Crippen molar-refractivity contribution in [2.45, 2.75) is 46.1 Å². The van der Waals surface area contributed by atoms with Crippen LogP contribution in [0.3, 0.4) is 0 Å². The number of rotatable bonds is 7. The first-order valence-corrected chi connectivity index (χ1v) is 14.8. The molecular formula is C26H31ClN6O3S2. The van der Waals surface area contributed by atoms with Gasteiger partial charge in [-0.1, -0.05) is 36.8 Å². The third-order valence-electron chi connectivity index (χ3n) is 7.10. The Hall–Kier alpha value is -2.60. The molecule has 2 fully saturated rings. The van der Waals surface area contributed by atoms with Crippen LogP contribution in [0.25, 0.3) is 10.6 Å². The number of piperidine rings is 2. The van der Waals surface area contributed by atoms with Gasteiger partial charge >= 0.3 is 5.97 Å². The molecule has 5 rings (SSSR count). The predicted octanol–water partition coefficient (Wildman–Crippen LogP) is 5.49. The second kappa shape index (κ2) is 11.3. The predicted molar refractivity (Wildman–Crippen MR) is 151 cm³/mol. The lowest BCUT2D eigenvalue weighted by molar-refractivity contribution is -0.142. The highest BCUT2D eigenvalue weighted by molar-refractivity contribution is 7.17. The Balaban J connectivity index is 1.29. The van der Waals surface area contributed by atoms with Crippen LogP contribution in [0.5, 0.6) is 0 Å². The van der Waals surface area contributed by atoms with E-state index in [2.05, 4.69) is 34.0 Å². The van der Waals surface area contributed by atoms with Gasteiger partial charge in [-0.15, -0.1) is 11.3 Å². The second-order valence-electron chi connectivity index (χ2n) is 10.7. The van der Waals surface area contributed by atoms with E-state index in [4.69, 9.17) is 16.6 Å². The first-order valence-electron chi connectivity index (χ1n) is 12.7. The van der Waals surface area contributed by atoms with Gasteiger partial charge in [-0.05, 0) is 43.7 Å². The summed E-state index contributed by atoms with van der Waals surface area (Å²) in [5, 5.41) is 15.2. The lowest BCUT2D eigenvalue weighted by Crippen LogP contribution is -2.39. The zero-order valence-electron chi connectivity index (χ0n) is 21.4. The summed E-state index contributed by atoms with van der Waals surface area (Å²) in [5.74, 6) is -0.797. The molecule has 3 aromatic rings. The standard InChI is InChI=1S/C26H31ClN6O3S2/c1-26(2)6-3-7-32(15-26)13-20-22(19-10-17(27)14-37-19)30-25(38-20)31-23(34)18-11-29-21(12-28-18)33-8-4-16(5-9-33)24(35)36/h10-12,14,16H,3-9,13,15H2,1-2H3,(H,35,36)(H,30,31,34). The fourth-order valence-corrected chi connectivity index (χ4v) is 7.31. The molecule has 0 unspecified atom stereocenters. The van der Waals surface area contributed by atoms with Crippen LogP contribution >= 0.6 is 34.3 Å². The Morgan fingerprint density at radius 1 is 1.21 bits per heavy atom. The van der Waals surface area contributed by atoms with Crippen molar-refractivity contribution in [3.63, 3.8) is 0 Å². The minimum absolute atomic E-state index is 0.199. The van der Waals surface area contributed by atoms with Crippen LogP contribution in [-0.4, -0.2) is 63.0 Å². The molecule has 9 nitrogen and oxygen atoms in total. The smallest absolute Gasteiger partial charge is 0.306 e. The van der Waals surface area contributed by atoms with E-state index in [-0.39, 0.29) is 22.9 Å². The van der Waals surface area contributed by atoms with Crippen LogP contribution in [0, 0.1) is 11.3 Å². The molecule has 0 radical (unpaired) electrons. The largest absolute Gasteiger partial charge is 0.481 e. The molecule has 0 aromatic carbocycles. The Kier molecular flexibility index (Phi) is 7.99. The van der Waals surface area contributed by atoms with Crippen molar-refractivity contribution in [2.24, 2.45) is 11.3 Å². The molecule has 0 atom stereocenters. The van der Waals surface area contributed by atoms with Gasteiger partial charge in [0, 0.05) is 36.4 Å². The highest BCUT2D eigenvalue weighted by atomic mass is 35.5. The van der Waals surface area contributed by atoms with Gasteiger partial charge in [0.05, 0.1) is 33.9 Å². The molecule has 2 saturated heterocycles. The lowest BCUT2D eigenvalue weighted by atomic mass is 9.84. The molecule has 2 aliphatic rings. The monoisotopic (exact) mass is 574 g/mol. The van der Waals surface area contributed by atoms with Crippen LogP contribution in [0.4, 0.5) is 10.9 Å². The van der Waals surface area contributed by atoms with Gasteiger partial charge in [-0.2, -0.15) is 0 Å². The molecule has 38 heavy (non-hydrogen) atoms. The Morgan fingerprint density at radius 3 is 2.63 bits per heavy atom. The van der Waals surface area contributed by atoms with E-state index in [0.717, 1.165) is 35.1 Å². The molecule has 12 heteroatoms. The normalized spacial score (nSPS) is 18.4. The number of carbonyl (C=O) groups is 2. The fourth-order valence-electron chi connectivity index (χ4n) is 5.14. The number of amides is 1. The summed E-state index contributed by atoms with van der Waals surface area (Å²) < 4.78 is 0. The SMILES string of the molecule is CC1(C)CCCN(Cc2sc(NC(=O)c3cnc(N4CCC(C(=O)O)CC4)cn3)nc2-c2cc(Cl)cs2)C1. The van der Waals surface area contributed by atoms with Crippen molar-refractivity contribution in [1.82, 2.24) is 19.9 Å². The zero-order chi connectivity index (χ0) is 26.9. The maximum absolute atomic E-state index is 13.0. The molecular weight excluding hydrogens is 544 g/mol. The lowest BCUT2D eigenvalue weighted by Gasteiger charge is -2.37. The van der Waals surface area contributed by atoms with Crippen molar-refractivity contribution in [2.75, 3.05) is 36.4 Å². The summed E-state index contributed by atoms with van der Waals surface area (Å²) >= 11 is 9.24. The number of anilines is 2. The van der Waals surface area contributed by atoms with E-state index < -0.39 is 5.97 Å². The second-order valence-corrected chi connectivity index (χ2v) is 13.1. The summed E-state index contributed by atoms with van der Waals surface area (Å²) in [7, 11) is 0. The summed E-state index contributed by atoms with van der Waals surface area (Å²) in [6.07, 6.45) is 6.55. The zero-order valence-corrected chi connectivity index (χ0v) is 23.8. The quantitative estimate of drug-likeness (QED) is 0.381. The number of hydrogen-bond donors (Lipinski definition) is 2. The molecule has 0 saturated carbocycles. The average Bonchev–Trinajstić information content (AvgIpc) is 3.49. The van der Waals surface area contributed by atoms with Gasteiger partial charge in [0.15, 0.2) is 5.13 Å². The highest BCUT2D eigenvalue weighted by Gasteiger charge is 2.28. The maximum atomic E-state index is 13.0. The number of aromatic nitrogens is 3. The van der Waals surface area contributed by atoms with Gasteiger partial charge in [0.2, 0.25) is 0 Å². The Morgan fingerprint density at radius 2 is 2.00 bits per heavy atom. The van der Waals surface area contributed by atoms with E-state index in [9.17, 15) is 14.7 Å². The number of likely N-dealkylation sites (tertiary alicyclic amines) is 1. The molecule has 0 spiro atoms. The van der Waals surface area contributed by atoms with Crippen LogP contribution in [-0.2, 0) is 11.3 Å². The molecule has 1 amide bonds. The molecule has 0 aliphatic carbocycles. The van der Waals surface area contributed by atoms with Crippen LogP contribution in [0.1, 0.15) is 54.9 Å². The van der Waals surface area contributed by atoms with E-state index in [0.29, 0.717) is 41.9 Å². The summed E-state index contributed by atoms with van der Waals surface area (Å²) in [5.41, 5.74) is 1.34. The first kappa shape index (κ1) is 27.0. The number of halogens is 1. The summed E-state index contributed by atoms with van der Waals surface area (Å²) in [6.45, 7) is 8.65. The number of hydrogen-bond acceptors (Lipinski definition) is 9. The van der Waals surface area contributed by atoms with Crippen molar-refractivity contribution in [3.8, 4) is 10.6 Å². The fraction of sp³-hybridized carbons (Fsp3) is 0.500. The average molecular weight is 575 g/mol. The van der Waals surface area contributed by atoms with Crippen molar-refractivity contribution in [3.05, 3.63) is 39.4 Å². The minimum Gasteiger partial charge on any atom is -0.481 e. The van der Waals surface area contributed by atoms with Gasteiger partial charge < -0.3 is 10.0 Å². The van der Waals surface area contributed by atoms with Gasteiger partial charge in [-0.25, -0.2) is 15.0 Å². The summed E-state index contributed by atoms with van der Waals surface area (Å²) in [6, 6.07) is 1.92. The highest BCUT2D eigenvalue weighted by Crippen LogP contribution is 2.38. The molecule has 2 N–H and O–H groups in total. The van der Waals surface area contributed by atoms with Crippen molar-refractivity contribution in [1.29, 1.82) is 0 Å². The number of thiophene rings is 1. The maximum Gasteiger partial charge on any atom is 0.306 e. The number of nitrogens with zero attached hydrogens (tertiary/aromatic N) is 5. The van der Waals surface area contributed by atoms with Gasteiger partial charge in [-0.3, -0.25) is 19.8 Å². The molecule has 202 valence electrons. The van der Waals surface area contributed by atoms with E-state index >= 15 is 0 Å². The van der Waals surface area contributed by atoms with Gasteiger partial charge in [0.1, 0.15) is 11.5 Å². The van der Waals surface area contributed by atoms with Crippen LogP contribution < -0.4 is 10.2 Å². The van der Waals surface area contributed by atoms with E-state index in [1.54, 1.807) is 17.5 Å². The molecule has 3 aromatic heterocycles. The number of thiazole rings is 1.